The van der Waals surface area contributed by atoms with Crippen molar-refractivity contribution in [2.24, 2.45) is 5.92 Å². The van der Waals surface area contributed by atoms with Gasteiger partial charge < -0.3 is 10.0 Å². The third kappa shape index (κ3) is 2.62. The van der Waals surface area contributed by atoms with Crippen LogP contribution in [0.3, 0.4) is 0 Å². The highest BCUT2D eigenvalue weighted by molar-refractivity contribution is 9.10. The molecule has 1 aliphatic heterocycles. The molecule has 0 radical (unpaired) electrons. The molecule has 1 aliphatic rings. The van der Waals surface area contributed by atoms with Crippen molar-refractivity contribution in [2.75, 3.05) is 18.0 Å². The van der Waals surface area contributed by atoms with Gasteiger partial charge in [-0.05, 0) is 46.5 Å². The number of rotatable bonds is 1. The highest BCUT2D eigenvalue weighted by Crippen LogP contribution is 2.27. The van der Waals surface area contributed by atoms with Crippen molar-refractivity contribution in [2.45, 2.75) is 19.4 Å². The van der Waals surface area contributed by atoms with Crippen LogP contribution in [-0.2, 0) is 0 Å². The predicted molar refractivity (Wildman–Crippen MR) is 70.9 cm³/mol. The van der Waals surface area contributed by atoms with Gasteiger partial charge >= 0.3 is 0 Å². The Morgan fingerprint density at radius 2 is 2.29 bits per heavy atom. The lowest BCUT2D eigenvalue weighted by Gasteiger charge is -2.36. The van der Waals surface area contributed by atoms with Gasteiger partial charge in [-0.1, -0.05) is 6.92 Å². The van der Waals surface area contributed by atoms with Crippen molar-refractivity contribution in [1.82, 2.24) is 0 Å². The van der Waals surface area contributed by atoms with Gasteiger partial charge in [0.05, 0.1) is 11.7 Å². The number of aliphatic hydroxyl groups is 1. The van der Waals surface area contributed by atoms with Gasteiger partial charge in [-0.2, -0.15) is 5.26 Å². The Bertz CT molecular complexity index is 455. The van der Waals surface area contributed by atoms with Gasteiger partial charge in [0, 0.05) is 23.2 Å². The SMILES string of the molecule is CC1CN(c2ccc(C#N)c(Br)c2)CCC1O. The molecule has 1 aromatic rings. The van der Waals surface area contributed by atoms with E-state index in [1.54, 1.807) is 0 Å². The van der Waals surface area contributed by atoms with Gasteiger partial charge in [0.25, 0.3) is 0 Å². The van der Waals surface area contributed by atoms with Gasteiger partial charge in [-0.25, -0.2) is 0 Å². The zero-order chi connectivity index (χ0) is 12.4. The molecule has 1 heterocycles. The minimum Gasteiger partial charge on any atom is -0.393 e. The maximum absolute atomic E-state index is 9.70. The molecule has 1 aromatic carbocycles. The fourth-order valence-electron chi connectivity index (χ4n) is 2.16. The Morgan fingerprint density at radius 3 is 2.88 bits per heavy atom. The van der Waals surface area contributed by atoms with Crippen LogP contribution in [0.4, 0.5) is 5.69 Å². The normalized spacial score (nSPS) is 24.5. The molecule has 90 valence electrons. The molecule has 0 bridgehead atoms. The van der Waals surface area contributed by atoms with Crippen molar-refractivity contribution in [1.29, 1.82) is 5.26 Å². The molecule has 4 heteroatoms. The first-order valence-electron chi connectivity index (χ1n) is 5.74. The summed E-state index contributed by atoms with van der Waals surface area (Å²) in [5, 5.41) is 18.6. The molecule has 2 rings (SSSR count). The Labute approximate surface area is 110 Å². The molecule has 0 spiro atoms. The van der Waals surface area contributed by atoms with Crippen molar-refractivity contribution < 1.29 is 5.11 Å². The summed E-state index contributed by atoms with van der Waals surface area (Å²) in [7, 11) is 0. The first-order chi connectivity index (χ1) is 8.11. The maximum Gasteiger partial charge on any atom is 0.100 e. The molecule has 0 amide bonds. The number of benzene rings is 1. The van der Waals surface area contributed by atoms with Crippen molar-refractivity contribution in [3.63, 3.8) is 0 Å². The summed E-state index contributed by atoms with van der Waals surface area (Å²) < 4.78 is 0.830. The maximum atomic E-state index is 9.70. The van der Waals surface area contributed by atoms with E-state index in [4.69, 9.17) is 5.26 Å². The third-order valence-corrected chi connectivity index (χ3v) is 3.95. The fourth-order valence-corrected chi connectivity index (χ4v) is 2.61. The van der Waals surface area contributed by atoms with Crippen molar-refractivity contribution in [3.8, 4) is 6.07 Å². The number of halogens is 1. The van der Waals surface area contributed by atoms with Crippen molar-refractivity contribution >= 4 is 21.6 Å². The predicted octanol–water partition coefficient (Wildman–Crippen LogP) is 2.53. The Balaban J connectivity index is 2.18. The summed E-state index contributed by atoms with van der Waals surface area (Å²) in [5.74, 6) is 0.290. The van der Waals surface area contributed by atoms with Crippen LogP contribution in [0.5, 0.6) is 0 Å². The number of hydrogen-bond acceptors (Lipinski definition) is 3. The Morgan fingerprint density at radius 1 is 1.53 bits per heavy atom. The summed E-state index contributed by atoms with van der Waals surface area (Å²) >= 11 is 3.40. The van der Waals surface area contributed by atoms with Crippen LogP contribution in [0.2, 0.25) is 0 Å². The number of aliphatic hydroxyl groups excluding tert-OH is 1. The zero-order valence-corrected chi connectivity index (χ0v) is 11.3. The Kier molecular flexibility index (Phi) is 3.70. The second-order valence-electron chi connectivity index (χ2n) is 4.56. The number of anilines is 1. The summed E-state index contributed by atoms with van der Waals surface area (Å²) in [6.45, 7) is 3.79. The summed E-state index contributed by atoms with van der Waals surface area (Å²) in [6, 6.07) is 7.91. The smallest absolute Gasteiger partial charge is 0.100 e. The van der Waals surface area contributed by atoms with E-state index in [2.05, 4.69) is 33.8 Å². The molecule has 2 unspecified atom stereocenters. The minimum absolute atomic E-state index is 0.187. The third-order valence-electron chi connectivity index (χ3n) is 3.30. The van der Waals surface area contributed by atoms with Gasteiger partial charge in [0.2, 0.25) is 0 Å². The first-order valence-corrected chi connectivity index (χ1v) is 6.54. The van der Waals surface area contributed by atoms with E-state index in [0.717, 1.165) is 29.7 Å². The average molecular weight is 295 g/mol. The number of nitriles is 1. The minimum atomic E-state index is -0.187. The van der Waals surface area contributed by atoms with Crippen molar-refractivity contribution in [3.05, 3.63) is 28.2 Å². The molecular formula is C13H15BrN2O. The molecule has 1 saturated heterocycles. The van der Waals surface area contributed by atoms with Gasteiger partial charge in [-0.3, -0.25) is 0 Å². The highest BCUT2D eigenvalue weighted by atomic mass is 79.9. The summed E-state index contributed by atoms with van der Waals surface area (Å²) in [4.78, 5) is 2.25. The largest absolute Gasteiger partial charge is 0.393 e. The van der Waals surface area contributed by atoms with Crippen LogP contribution in [0.1, 0.15) is 18.9 Å². The van der Waals surface area contributed by atoms with Crippen LogP contribution >= 0.6 is 15.9 Å². The lowest BCUT2D eigenvalue weighted by Crippen LogP contribution is -2.41. The van der Waals surface area contributed by atoms with Crippen LogP contribution in [-0.4, -0.2) is 24.3 Å². The Hall–Kier alpha value is -1.05. The van der Waals surface area contributed by atoms with E-state index < -0.39 is 0 Å². The standard InChI is InChI=1S/C13H15BrN2O/c1-9-8-16(5-4-13(9)17)11-3-2-10(7-15)12(14)6-11/h2-3,6,9,13,17H,4-5,8H2,1H3. The second kappa shape index (κ2) is 5.07. The van der Waals surface area contributed by atoms with Crippen LogP contribution in [0.25, 0.3) is 0 Å². The van der Waals surface area contributed by atoms with Gasteiger partial charge in [-0.15, -0.1) is 0 Å². The monoisotopic (exact) mass is 294 g/mol. The topological polar surface area (TPSA) is 47.3 Å². The van der Waals surface area contributed by atoms with Crippen LogP contribution < -0.4 is 4.90 Å². The zero-order valence-electron chi connectivity index (χ0n) is 9.73. The van der Waals surface area contributed by atoms with E-state index in [1.165, 1.54) is 0 Å². The lowest BCUT2D eigenvalue weighted by molar-refractivity contribution is 0.0971. The lowest BCUT2D eigenvalue weighted by atomic mass is 9.96. The molecule has 3 nitrogen and oxygen atoms in total. The molecule has 17 heavy (non-hydrogen) atoms. The first kappa shape index (κ1) is 12.4. The molecule has 0 aliphatic carbocycles. The second-order valence-corrected chi connectivity index (χ2v) is 5.41. The summed E-state index contributed by atoms with van der Waals surface area (Å²) in [5.41, 5.74) is 1.76. The molecule has 0 aromatic heterocycles. The molecule has 0 saturated carbocycles. The van der Waals surface area contributed by atoms with E-state index in [9.17, 15) is 5.11 Å². The number of piperidine rings is 1. The molecule has 2 atom stereocenters. The van der Waals surface area contributed by atoms with E-state index in [1.807, 2.05) is 18.2 Å². The van der Waals surface area contributed by atoms with E-state index in [0.29, 0.717) is 5.56 Å². The van der Waals surface area contributed by atoms with E-state index >= 15 is 0 Å². The number of nitrogens with zero attached hydrogens (tertiary/aromatic N) is 2. The van der Waals surface area contributed by atoms with E-state index in [-0.39, 0.29) is 12.0 Å². The molecular weight excluding hydrogens is 280 g/mol. The molecule has 1 N–H and O–H groups in total. The highest BCUT2D eigenvalue weighted by Gasteiger charge is 2.24. The quantitative estimate of drug-likeness (QED) is 0.866. The summed E-state index contributed by atoms with van der Waals surface area (Å²) in [6.07, 6.45) is 0.617. The van der Waals surface area contributed by atoms with Crippen LogP contribution in [0.15, 0.2) is 22.7 Å². The average Bonchev–Trinajstić information content (AvgIpc) is 2.32. The number of hydrogen-bond donors (Lipinski definition) is 1. The fraction of sp³-hybridized carbons (Fsp3) is 0.462. The van der Waals surface area contributed by atoms with Crippen LogP contribution in [0, 0.1) is 17.2 Å². The van der Waals surface area contributed by atoms with Gasteiger partial charge in [0.1, 0.15) is 6.07 Å². The van der Waals surface area contributed by atoms with Gasteiger partial charge in [0.15, 0.2) is 0 Å². The molecule has 1 fully saturated rings.